The van der Waals surface area contributed by atoms with Gasteiger partial charge in [0.25, 0.3) is 5.91 Å². The highest BCUT2D eigenvalue weighted by molar-refractivity contribution is 6.04. The predicted molar refractivity (Wildman–Crippen MR) is 94.2 cm³/mol. The van der Waals surface area contributed by atoms with Crippen molar-refractivity contribution in [3.05, 3.63) is 35.5 Å². The number of nitrogens with one attached hydrogen (secondary N) is 1. The van der Waals surface area contributed by atoms with Gasteiger partial charge < -0.3 is 14.8 Å². The third-order valence-electron chi connectivity index (χ3n) is 4.55. The molecular formula is C19H23N3O3. The van der Waals surface area contributed by atoms with Crippen molar-refractivity contribution in [2.45, 2.75) is 38.7 Å². The second-order valence-corrected chi connectivity index (χ2v) is 7.57. The Kier molecular flexibility index (Phi) is 3.71. The molecule has 4 rings (SSSR count). The molecule has 1 aromatic heterocycles. The molecule has 1 aliphatic carbocycles. The molecule has 1 saturated carbocycles. The summed E-state index contributed by atoms with van der Waals surface area (Å²) in [6, 6.07) is 5.38. The van der Waals surface area contributed by atoms with E-state index in [9.17, 15) is 4.79 Å². The monoisotopic (exact) mass is 341 g/mol. The van der Waals surface area contributed by atoms with Gasteiger partial charge in [-0.25, -0.2) is 0 Å². The summed E-state index contributed by atoms with van der Waals surface area (Å²) in [4.78, 5) is 12.6. The Hall–Kier alpha value is -2.50. The first kappa shape index (κ1) is 16.0. The van der Waals surface area contributed by atoms with E-state index in [4.69, 9.17) is 9.47 Å². The van der Waals surface area contributed by atoms with Crippen LogP contribution in [0.2, 0.25) is 0 Å². The van der Waals surface area contributed by atoms with E-state index in [1.54, 1.807) is 23.0 Å². The zero-order valence-electron chi connectivity index (χ0n) is 14.8. The second-order valence-electron chi connectivity index (χ2n) is 7.57. The first-order valence-electron chi connectivity index (χ1n) is 8.69. The number of ether oxygens (including phenoxy) is 2. The first-order chi connectivity index (χ1) is 11.9. The average Bonchev–Trinajstić information content (AvgIpc) is 3.19. The topological polar surface area (TPSA) is 65.4 Å². The van der Waals surface area contributed by atoms with Crippen molar-refractivity contribution in [3.8, 4) is 11.5 Å². The number of aromatic nitrogens is 2. The molecule has 1 aromatic carbocycles. The van der Waals surface area contributed by atoms with Crippen LogP contribution in [0.1, 0.15) is 42.6 Å². The number of rotatable bonds is 5. The van der Waals surface area contributed by atoms with E-state index in [0.29, 0.717) is 23.9 Å². The van der Waals surface area contributed by atoms with E-state index in [-0.39, 0.29) is 11.5 Å². The lowest BCUT2D eigenvalue weighted by Gasteiger charge is -2.16. The van der Waals surface area contributed by atoms with Gasteiger partial charge in [0.1, 0.15) is 17.1 Å². The van der Waals surface area contributed by atoms with Gasteiger partial charge in [0, 0.05) is 36.9 Å². The summed E-state index contributed by atoms with van der Waals surface area (Å²) in [5.74, 6) is 2.46. The van der Waals surface area contributed by atoms with Crippen LogP contribution in [0.15, 0.2) is 24.4 Å². The van der Waals surface area contributed by atoms with E-state index in [1.807, 2.05) is 27.0 Å². The van der Waals surface area contributed by atoms with Crippen LogP contribution in [-0.4, -0.2) is 27.9 Å². The van der Waals surface area contributed by atoms with Crippen LogP contribution in [0.4, 0.5) is 5.82 Å². The Morgan fingerprint density at radius 2 is 2.24 bits per heavy atom. The number of anilines is 1. The van der Waals surface area contributed by atoms with Crippen molar-refractivity contribution in [1.29, 1.82) is 0 Å². The molecule has 25 heavy (non-hydrogen) atoms. The zero-order valence-corrected chi connectivity index (χ0v) is 14.8. The van der Waals surface area contributed by atoms with E-state index < -0.39 is 0 Å². The van der Waals surface area contributed by atoms with Gasteiger partial charge in [0.05, 0.1) is 6.61 Å². The van der Waals surface area contributed by atoms with Crippen LogP contribution in [0.25, 0.3) is 0 Å². The summed E-state index contributed by atoms with van der Waals surface area (Å²) in [6.45, 7) is 4.80. The molecule has 2 heterocycles. The summed E-state index contributed by atoms with van der Waals surface area (Å²) in [6.07, 6.45) is 5.02. The Balaban J connectivity index is 1.61. The maximum atomic E-state index is 12.6. The summed E-state index contributed by atoms with van der Waals surface area (Å²) in [5, 5.41) is 7.00. The number of hydrogen-bond donors (Lipinski definition) is 1. The fraction of sp³-hybridized carbons (Fsp3) is 0.474. The number of amides is 1. The first-order valence-corrected chi connectivity index (χ1v) is 8.69. The molecule has 1 fully saturated rings. The van der Waals surface area contributed by atoms with Gasteiger partial charge in [-0.05, 0) is 44.7 Å². The lowest BCUT2D eigenvalue weighted by molar-refractivity contribution is 0.102. The van der Waals surface area contributed by atoms with Gasteiger partial charge in [-0.15, -0.1) is 0 Å². The molecule has 1 amide bonds. The number of carbonyl (C=O) groups excluding carboxylic acids is 1. The van der Waals surface area contributed by atoms with E-state index in [0.717, 1.165) is 23.5 Å². The van der Waals surface area contributed by atoms with Gasteiger partial charge in [0.2, 0.25) is 0 Å². The van der Waals surface area contributed by atoms with Gasteiger partial charge in [-0.2, -0.15) is 5.10 Å². The number of fused-ring (bicyclic) bond motifs is 1. The largest absolute Gasteiger partial charge is 0.493 e. The summed E-state index contributed by atoms with van der Waals surface area (Å²) in [5.41, 5.74) is 1.30. The summed E-state index contributed by atoms with van der Waals surface area (Å²) in [7, 11) is 1.81. The Bertz CT molecular complexity index is 821. The number of nitrogens with zero attached hydrogens (tertiary/aromatic N) is 2. The van der Waals surface area contributed by atoms with Crippen LogP contribution in [0.5, 0.6) is 11.5 Å². The van der Waals surface area contributed by atoms with Crippen molar-refractivity contribution >= 4 is 11.7 Å². The van der Waals surface area contributed by atoms with E-state index in [1.165, 1.54) is 12.8 Å². The third-order valence-corrected chi connectivity index (χ3v) is 4.55. The molecule has 0 unspecified atom stereocenters. The van der Waals surface area contributed by atoms with Crippen molar-refractivity contribution in [2.24, 2.45) is 13.0 Å². The number of aryl methyl sites for hydroxylation is 1. The van der Waals surface area contributed by atoms with Gasteiger partial charge >= 0.3 is 0 Å². The Morgan fingerprint density at radius 3 is 2.92 bits per heavy atom. The average molecular weight is 341 g/mol. The van der Waals surface area contributed by atoms with Crippen LogP contribution in [0, 0.1) is 5.92 Å². The normalized spacial score (nSPS) is 17.7. The SMILES string of the molecule is Cn1ccc(NC(=O)c2cc(OCC3CC3)c3c(c2)OC(C)(C)C3)n1. The highest BCUT2D eigenvalue weighted by Crippen LogP contribution is 2.42. The van der Waals surface area contributed by atoms with Crippen molar-refractivity contribution in [2.75, 3.05) is 11.9 Å². The van der Waals surface area contributed by atoms with Crippen LogP contribution < -0.4 is 14.8 Å². The third kappa shape index (κ3) is 3.48. The minimum atomic E-state index is -0.282. The molecule has 1 aliphatic heterocycles. The smallest absolute Gasteiger partial charge is 0.257 e. The van der Waals surface area contributed by atoms with Crippen molar-refractivity contribution < 1.29 is 14.3 Å². The van der Waals surface area contributed by atoms with Crippen molar-refractivity contribution in [3.63, 3.8) is 0 Å². The molecule has 0 radical (unpaired) electrons. The van der Waals surface area contributed by atoms with Crippen LogP contribution in [0.3, 0.4) is 0 Å². The second kappa shape index (κ2) is 5.79. The maximum Gasteiger partial charge on any atom is 0.257 e. The zero-order chi connectivity index (χ0) is 17.6. The maximum absolute atomic E-state index is 12.6. The molecule has 1 N–H and O–H groups in total. The molecule has 0 spiro atoms. The number of benzene rings is 1. The molecular weight excluding hydrogens is 318 g/mol. The van der Waals surface area contributed by atoms with Crippen LogP contribution >= 0.6 is 0 Å². The standard InChI is InChI=1S/C19H23N3O3/c1-19(2)10-14-15(24-11-12-4-5-12)8-13(9-16(14)25-19)18(23)20-17-6-7-22(3)21-17/h6-9,12H,4-5,10-11H2,1-3H3,(H,20,21,23). The van der Waals surface area contributed by atoms with E-state index in [2.05, 4.69) is 10.4 Å². The minimum absolute atomic E-state index is 0.217. The van der Waals surface area contributed by atoms with Gasteiger partial charge in [-0.3, -0.25) is 9.48 Å². The number of carbonyl (C=O) groups is 1. The highest BCUT2D eigenvalue weighted by Gasteiger charge is 2.34. The molecule has 6 nitrogen and oxygen atoms in total. The predicted octanol–water partition coefficient (Wildman–Crippen LogP) is 3.17. The molecule has 2 aromatic rings. The number of hydrogen-bond acceptors (Lipinski definition) is 4. The Morgan fingerprint density at radius 1 is 1.44 bits per heavy atom. The quantitative estimate of drug-likeness (QED) is 0.907. The lowest BCUT2D eigenvalue weighted by Crippen LogP contribution is -2.24. The van der Waals surface area contributed by atoms with Gasteiger partial charge in [-0.1, -0.05) is 0 Å². The Labute approximate surface area is 147 Å². The molecule has 0 saturated heterocycles. The van der Waals surface area contributed by atoms with Crippen molar-refractivity contribution in [1.82, 2.24) is 9.78 Å². The fourth-order valence-corrected chi connectivity index (χ4v) is 3.07. The highest BCUT2D eigenvalue weighted by atomic mass is 16.5. The van der Waals surface area contributed by atoms with Crippen LogP contribution in [-0.2, 0) is 13.5 Å². The molecule has 0 bridgehead atoms. The summed E-state index contributed by atoms with van der Waals surface area (Å²) >= 11 is 0. The molecule has 132 valence electrons. The molecule has 6 heteroatoms. The summed E-state index contributed by atoms with van der Waals surface area (Å²) < 4.78 is 13.7. The van der Waals surface area contributed by atoms with E-state index >= 15 is 0 Å². The fourth-order valence-electron chi connectivity index (χ4n) is 3.07. The molecule has 2 aliphatic rings. The minimum Gasteiger partial charge on any atom is -0.493 e. The molecule has 0 atom stereocenters. The lowest BCUT2D eigenvalue weighted by atomic mass is 9.99. The van der Waals surface area contributed by atoms with Gasteiger partial charge in [0.15, 0.2) is 5.82 Å².